The molecule has 2 aliphatic heterocycles. The van der Waals surface area contributed by atoms with E-state index in [4.69, 9.17) is 19.2 Å². The lowest BCUT2D eigenvalue weighted by molar-refractivity contribution is -0.0817. The predicted molar refractivity (Wildman–Crippen MR) is 118 cm³/mol. The molecule has 0 amide bonds. The van der Waals surface area contributed by atoms with Gasteiger partial charge in [-0.15, -0.1) is 24.0 Å². The summed E-state index contributed by atoms with van der Waals surface area (Å²) >= 11 is 0. The maximum Gasteiger partial charge on any atom is 0.194 e. The highest BCUT2D eigenvalue weighted by atomic mass is 127. The van der Waals surface area contributed by atoms with E-state index < -0.39 is 0 Å². The van der Waals surface area contributed by atoms with Gasteiger partial charge in [0.1, 0.15) is 6.10 Å². The van der Waals surface area contributed by atoms with Crippen LogP contribution in [0.2, 0.25) is 0 Å². The van der Waals surface area contributed by atoms with Crippen molar-refractivity contribution in [1.29, 1.82) is 0 Å². The molecule has 152 valence electrons. The Kier molecular flexibility index (Phi) is 9.81. The van der Waals surface area contributed by atoms with Crippen molar-refractivity contribution in [3.63, 3.8) is 0 Å². The number of aliphatic imine (C=N–C) groups is 1. The monoisotopic (exact) mass is 489 g/mol. The van der Waals surface area contributed by atoms with Crippen molar-refractivity contribution in [2.24, 2.45) is 4.99 Å². The molecule has 2 heterocycles. The van der Waals surface area contributed by atoms with E-state index in [0.717, 1.165) is 51.6 Å². The van der Waals surface area contributed by atoms with Crippen molar-refractivity contribution in [2.45, 2.75) is 45.1 Å². The first-order chi connectivity index (χ1) is 12.8. The highest BCUT2D eigenvalue weighted by molar-refractivity contribution is 14.0. The summed E-state index contributed by atoms with van der Waals surface area (Å²) in [7, 11) is 1.73. The molecule has 7 heteroatoms. The lowest BCUT2D eigenvalue weighted by Crippen LogP contribution is -2.53. The largest absolute Gasteiger partial charge is 0.380 e. The summed E-state index contributed by atoms with van der Waals surface area (Å²) in [6.07, 6.45) is 2.59. The molecule has 1 aromatic carbocycles. The molecule has 0 radical (unpaired) electrons. The zero-order valence-corrected chi connectivity index (χ0v) is 18.7. The Hall–Kier alpha value is -0.900. The number of methoxy groups -OCH3 is 1. The van der Waals surface area contributed by atoms with Gasteiger partial charge in [-0.3, -0.25) is 0 Å². The average molecular weight is 489 g/mol. The molecule has 0 saturated carbocycles. The van der Waals surface area contributed by atoms with E-state index in [-0.39, 0.29) is 36.2 Å². The SMILES string of the molecule is CCNC(=NCc1ccccc1COC)N1CCOC(C2CCCO2)C1.I. The Morgan fingerprint density at radius 1 is 1.22 bits per heavy atom. The fourth-order valence-electron chi connectivity index (χ4n) is 3.58. The highest BCUT2D eigenvalue weighted by Gasteiger charge is 2.32. The van der Waals surface area contributed by atoms with Crippen LogP contribution in [-0.2, 0) is 27.4 Å². The summed E-state index contributed by atoms with van der Waals surface area (Å²) in [5.41, 5.74) is 2.39. The molecular weight excluding hydrogens is 457 g/mol. The molecule has 0 aliphatic carbocycles. The van der Waals surface area contributed by atoms with Crippen LogP contribution in [0.25, 0.3) is 0 Å². The second-order valence-corrected chi connectivity index (χ2v) is 6.78. The van der Waals surface area contributed by atoms with Crippen LogP contribution in [0.1, 0.15) is 30.9 Å². The zero-order chi connectivity index (χ0) is 18.2. The molecule has 1 aromatic rings. The molecule has 0 spiro atoms. The van der Waals surface area contributed by atoms with Crippen LogP contribution >= 0.6 is 24.0 Å². The second-order valence-electron chi connectivity index (χ2n) is 6.78. The molecule has 0 bridgehead atoms. The third kappa shape index (κ3) is 6.30. The van der Waals surface area contributed by atoms with Crippen molar-refractivity contribution in [3.05, 3.63) is 35.4 Å². The van der Waals surface area contributed by atoms with Gasteiger partial charge in [0.05, 0.1) is 25.9 Å². The number of hydrogen-bond acceptors (Lipinski definition) is 4. The third-order valence-corrected chi connectivity index (χ3v) is 4.92. The number of nitrogens with one attached hydrogen (secondary N) is 1. The first-order valence-electron chi connectivity index (χ1n) is 9.64. The predicted octanol–water partition coefficient (Wildman–Crippen LogP) is 2.80. The van der Waals surface area contributed by atoms with Gasteiger partial charge < -0.3 is 24.4 Å². The summed E-state index contributed by atoms with van der Waals surface area (Å²) in [5, 5.41) is 3.43. The molecule has 3 rings (SSSR count). The van der Waals surface area contributed by atoms with E-state index in [1.165, 1.54) is 11.1 Å². The van der Waals surface area contributed by atoms with Crippen LogP contribution in [0, 0.1) is 0 Å². The van der Waals surface area contributed by atoms with Crippen LogP contribution < -0.4 is 5.32 Å². The number of halogens is 1. The van der Waals surface area contributed by atoms with E-state index in [2.05, 4.69) is 35.3 Å². The van der Waals surface area contributed by atoms with E-state index in [0.29, 0.717) is 13.2 Å². The third-order valence-electron chi connectivity index (χ3n) is 4.92. The van der Waals surface area contributed by atoms with Crippen molar-refractivity contribution < 1.29 is 14.2 Å². The minimum absolute atomic E-state index is 0. The van der Waals surface area contributed by atoms with Crippen LogP contribution in [0.4, 0.5) is 0 Å². The fourth-order valence-corrected chi connectivity index (χ4v) is 3.58. The number of nitrogens with zero attached hydrogens (tertiary/aromatic N) is 2. The number of hydrogen-bond donors (Lipinski definition) is 1. The molecule has 6 nitrogen and oxygen atoms in total. The highest BCUT2D eigenvalue weighted by Crippen LogP contribution is 2.21. The van der Waals surface area contributed by atoms with Crippen LogP contribution in [0.15, 0.2) is 29.3 Å². The quantitative estimate of drug-likeness (QED) is 0.379. The number of ether oxygens (including phenoxy) is 3. The fraction of sp³-hybridized carbons (Fsp3) is 0.650. The van der Waals surface area contributed by atoms with Crippen LogP contribution in [-0.4, -0.2) is 63.0 Å². The Bertz CT molecular complexity index is 594. The Morgan fingerprint density at radius 2 is 2.00 bits per heavy atom. The second kappa shape index (κ2) is 11.8. The summed E-state index contributed by atoms with van der Waals surface area (Å²) in [4.78, 5) is 7.19. The molecule has 2 fully saturated rings. The van der Waals surface area contributed by atoms with Crippen molar-refractivity contribution in [3.8, 4) is 0 Å². The lowest BCUT2D eigenvalue weighted by Gasteiger charge is -2.37. The average Bonchev–Trinajstić information content (AvgIpc) is 3.21. The van der Waals surface area contributed by atoms with Crippen LogP contribution in [0.5, 0.6) is 0 Å². The van der Waals surface area contributed by atoms with E-state index >= 15 is 0 Å². The van der Waals surface area contributed by atoms with E-state index in [9.17, 15) is 0 Å². The van der Waals surface area contributed by atoms with E-state index in [1.807, 2.05) is 6.07 Å². The Labute approximate surface area is 179 Å². The molecule has 0 aromatic heterocycles. The van der Waals surface area contributed by atoms with Gasteiger partial charge in [0.15, 0.2) is 5.96 Å². The van der Waals surface area contributed by atoms with Gasteiger partial charge in [-0.1, -0.05) is 24.3 Å². The van der Waals surface area contributed by atoms with Crippen molar-refractivity contribution in [2.75, 3.05) is 40.0 Å². The Balaban J connectivity index is 0.00000261. The number of benzene rings is 1. The standard InChI is InChI=1S/C20H31N3O3.HI/c1-3-21-20(22-13-16-7-4-5-8-17(16)15-24-2)23-10-12-26-19(14-23)18-9-6-11-25-18;/h4-5,7-8,18-19H,3,6,9-15H2,1-2H3,(H,21,22);1H. The topological polar surface area (TPSA) is 55.3 Å². The molecule has 2 unspecified atom stereocenters. The summed E-state index contributed by atoms with van der Waals surface area (Å²) < 4.78 is 17.1. The summed E-state index contributed by atoms with van der Waals surface area (Å²) in [5.74, 6) is 0.950. The number of guanidine groups is 1. The lowest BCUT2D eigenvalue weighted by atomic mass is 10.1. The van der Waals surface area contributed by atoms with Gasteiger partial charge in [0.2, 0.25) is 0 Å². The van der Waals surface area contributed by atoms with Gasteiger partial charge in [-0.2, -0.15) is 0 Å². The van der Waals surface area contributed by atoms with Gasteiger partial charge >= 0.3 is 0 Å². The molecule has 2 aliphatic rings. The molecule has 2 atom stereocenters. The van der Waals surface area contributed by atoms with Crippen molar-refractivity contribution >= 4 is 29.9 Å². The van der Waals surface area contributed by atoms with Gasteiger partial charge in [-0.25, -0.2) is 4.99 Å². The summed E-state index contributed by atoms with van der Waals surface area (Å²) in [6.45, 7) is 7.47. The van der Waals surface area contributed by atoms with Crippen molar-refractivity contribution in [1.82, 2.24) is 10.2 Å². The van der Waals surface area contributed by atoms with Gasteiger partial charge in [-0.05, 0) is 30.9 Å². The maximum absolute atomic E-state index is 5.97. The molecule has 1 N–H and O–H groups in total. The van der Waals surface area contributed by atoms with Gasteiger partial charge in [0, 0.05) is 33.4 Å². The van der Waals surface area contributed by atoms with Gasteiger partial charge in [0.25, 0.3) is 0 Å². The molecule has 2 saturated heterocycles. The number of morpholine rings is 1. The summed E-state index contributed by atoms with van der Waals surface area (Å²) in [6, 6.07) is 8.32. The molecular formula is C20H32IN3O3. The zero-order valence-electron chi connectivity index (χ0n) is 16.4. The normalized spacial score (nSPS) is 23.2. The first-order valence-corrected chi connectivity index (χ1v) is 9.64. The maximum atomic E-state index is 5.97. The number of rotatable bonds is 6. The van der Waals surface area contributed by atoms with E-state index in [1.54, 1.807) is 7.11 Å². The first kappa shape index (κ1) is 22.4. The smallest absolute Gasteiger partial charge is 0.194 e. The Morgan fingerprint density at radius 3 is 2.70 bits per heavy atom. The van der Waals surface area contributed by atoms with Crippen LogP contribution in [0.3, 0.4) is 0 Å². The minimum atomic E-state index is 0. The minimum Gasteiger partial charge on any atom is -0.380 e. The molecule has 27 heavy (non-hydrogen) atoms.